The molecule has 0 fully saturated rings. The van der Waals surface area contributed by atoms with Gasteiger partial charge in [-0.2, -0.15) is 0 Å². The molecule has 0 saturated heterocycles. The summed E-state index contributed by atoms with van der Waals surface area (Å²) in [5.74, 6) is -0.0723. The molecule has 0 unspecified atom stereocenters. The molecular weight excluding hydrogens is 300 g/mol. The molecule has 122 valence electrons. The first-order chi connectivity index (χ1) is 11.8. The zero-order valence-electron chi connectivity index (χ0n) is 13.7. The Labute approximate surface area is 141 Å². The summed E-state index contributed by atoms with van der Waals surface area (Å²) < 4.78 is 5.05. The molecular formula is C20H20N2O2. The van der Waals surface area contributed by atoms with Gasteiger partial charge in [-0.1, -0.05) is 31.5 Å². The van der Waals surface area contributed by atoms with Gasteiger partial charge in [0.05, 0.1) is 18.2 Å². The Morgan fingerprint density at radius 3 is 2.50 bits per heavy atom. The summed E-state index contributed by atoms with van der Waals surface area (Å²) in [5.41, 5.74) is 4.69. The van der Waals surface area contributed by atoms with Gasteiger partial charge >= 0.3 is 0 Å². The molecule has 0 bridgehead atoms. The van der Waals surface area contributed by atoms with Crippen LogP contribution < -0.4 is 5.32 Å². The van der Waals surface area contributed by atoms with E-state index in [4.69, 9.17) is 4.42 Å². The van der Waals surface area contributed by atoms with E-state index >= 15 is 0 Å². The van der Waals surface area contributed by atoms with Gasteiger partial charge in [-0.25, -0.2) is 0 Å². The fraction of sp³-hybridized carbons (Fsp3) is 0.200. The molecule has 0 spiro atoms. The number of rotatable bonds is 6. The minimum atomic E-state index is -0.0723. The van der Waals surface area contributed by atoms with Crippen LogP contribution in [0.4, 0.5) is 0 Å². The number of carbonyl (C=O) groups excluding carboxylic acids is 1. The number of nitrogens with one attached hydrogen (secondary N) is 1. The summed E-state index contributed by atoms with van der Waals surface area (Å²) in [4.78, 5) is 16.6. The van der Waals surface area contributed by atoms with Crippen molar-refractivity contribution in [2.75, 3.05) is 0 Å². The van der Waals surface area contributed by atoms with E-state index in [0.29, 0.717) is 12.1 Å². The van der Waals surface area contributed by atoms with Crippen molar-refractivity contribution in [3.63, 3.8) is 0 Å². The zero-order chi connectivity index (χ0) is 16.8. The molecule has 0 aliphatic heterocycles. The van der Waals surface area contributed by atoms with Crippen LogP contribution in [0.5, 0.6) is 0 Å². The third kappa shape index (κ3) is 3.90. The molecule has 2 aromatic heterocycles. The van der Waals surface area contributed by atoms with Crippen molar-refractivity contribution in [1.82, 2.24) is 10.3 Å². The van der Waals surface area contributed by atoms with Crippen LogP contribution in [0.15, 0.2) is 65.6 Å². The van der Waals surface area contributed by atoms with Crippen LogP contribution in [0.25, 0.3) is 11.3 Å². The number of hydrogen-bond donors (Lipinski definition) is 1. The van der Waals surface area contributed by atoms with Crippen molar-refractivity contribution in [3.8, 4) is 11.3 Å². The van der Waals surface area contributed by atoms with Gasteiger partial charge in [0.1, 0.15) is 0 Å². The maximum atomic E-state index is 12.2. The van der Waals surface area contributed by atoms with Crippen LogP contribution >= 0.6 is 0 Å². The lowest BCUT2D eigenvalue weighted by Gasteiger charge is -2.07. The van der Waals surface area contributed by atoms with E-state index in [0.717, 1.165) is 29.7 Å². The Hall–Kier alpha value is -2.88. The third-order valence-corrected chi connectivity index (χ3v) is 3.85. The van der Waals surface area contributed by atoms with Crippen LogP contribution in [0, 0.1) is 0 Å². The van der Waals surface area contributed by atoms with Crippen molar-refractivity contribution in [2.45, 2.75) is 26.3 Å². The summed E-state index contributed by atoms with van der Waals surface area (Å²) in [6.07, 6.45) is 7.19. The van der Waals surface area contributed by atoms with Gasteiger partial charge in [-0.15, -0.1) is 0 Å². The lowest BCUT2D eigenvalue weighted by atomic mass is 10.1. The standard InChI is InChI=1S/C20H20N2O2/c1-2-3-15-4-7-17(8-5-15)20(23)22-13-16-6-9-19(21-12-16)18-10-11-24-14-18/h4-12,14H,2-3,13H2,1H3,(H,22,23). The van der Waals surface area contributed by atoms with Crippen LogP contribution in [0.2, 0.25) is 0 Å². The number of furan rings is 1. The van der Waals surface area contributed by atoms with E-state index in [-0.39, 0.29) is 5.91 Å². The summed E-state index contributed by atoms with van der Waals surface area (Å²) in [6, 6.07) is 13.5. The van der Waals surface area contributed by atoms with Gasteiger partial charge in [0.2, 0.25) is 0 Å². The zero-order valence-corrected chi connectivity index (χ0v) is 13.7. The molecule has 0 saturated carbocycles. The number of aryl methyl sites for hydroxylation is 1. The van der Waals surface area contributed by atoms with E-state index in [1.807, 2.05) is 42.5 Å². The first kappa shape index (κ1) is 16.0. The average Bonchev–Trinajstić information content (AvgIpc) is 3.16. The second kappa shape index (κ2) is 7.59. The molecule has 1 amide bonds. The van der Waals surface area contributed by atoms with E-state index in [9.17, 15) is 4.79 Å². The molecule has 4 heteroatoms. The fourth-order valence-electron chi connectivity index (χ4n) is 2.51. The second-order valence-electron chi connectivity index (χ2n) is 5.69. The SMILES string of the molecule is CCCc1ccc(C(=O)NCc2ccc(-c3ccoc3)nc2)cc1. The van der Waals surface area contributed by atoms with Crippen LogP contribution in [0.3, 0.4) is 0 Å². The highest BCUT2D eigenvalue weighted by molar-refractivity contribution is 5.94. The Balaban J connectivity index is 1.57. The monoisotopic (exact) mass is 320 g/mol. The predicted octanol–water partition coefficient (Wildman–Crippen LogP) is 4.22. The quantitative estimate of drug-likeness (QED) is 0.739. The van der Waals surface area contributed by atoms with Gasteiger partial charge < -0.3 is 9.73 Å². The molecule has 1 N–H and O–H groups in total. The Morgan fingerprint density at radius 1 is 1.08 bits per heavy atom. The molecule has 0 aliphatic carbocycles. The Kier molecular flexibility index (Phi) is 5.06. The lowest BCUT2D eigenvalue weighted by molar-refractivity contribution is 0.0951. The summed E-state index contributed by atoms with van der Waals surface area (Å²) in [5, 5.41) is 2.92. The Morgan fingerprint density at radius 2 is 1.88 bits per heavy atom. The van der Waals surface area contributed by atoms with Crippen molar-refractivity contribution in [3.05, 3.63) is 77.9 Å². The number of pyridine rings is 1. The summed E-state index contributed by atoms with van der Waals surface area (Å²) in [7, 11) is 0. The smallest absolute Gasteiger partial charge is 0.251 e. The van der Waals surface area contributed by atoms with Gasteiger partial charge in [0.25, 0.3) is 5.91 Å². The summed E-state index contributed by atoms with van der Waals surface area (Å²) in [6.45, 7) is 2.60. The second-order valence-corrected chi connectivity index (χ2v) is 5.69. The molecule has 0 aliphatic rings. The topological polar surface area (TPSA) is 55.1 Å². The molecule has 3 rings (SSSR count). The summed E-state index contributed by atoms with van der Waals surface area (Å²) >= 11 is 0. The van der Waals surface area contributed by atoms with Gasteiger partial charge in [0, 0.05) is 23.9 Å². The average molecular weight is 320 g/mol. The molecule has 3 aromatic rings. The third-order valence-electron chi connectivity index (χ3n) is 3.85. The minimum absolute atomic E-state index is 0.0723. The maximum absolute atomic E-state index is 12.2. The fourth-order valence-corrected chi connectivity index (χ4v) is 2.51. The number of carbonyl (C=O) groups is 1. The van der Waals surface area contributed by atoms with Crippen LogP contribution in [-0.4, -0.2) is 10.9 Å². The van der Waals surface area contributed by atoms with E-state index in [1.54, 1.807) is 18.7 Å². The highest BCUT2D eigenvalue weighted by Crippen LogP contribution is 2.17. The minimum Gasteiger partial charge on any atom is -0.472 e. The van der Waals surface area contributed by atoms with Crippen molar-refractivity contribution >= 4 is 5.91 Å². The van der Waals surface area contributed by atoms with Crippen LogP contribution in [0.1, 0.15) is 34.8 Å². The predicted molar refractivity (Wildman–Crippen MR) is 93.5 cm³/mol. The van der Waals surface area contributed by atoms with Gasteiger partial charge in [-0.3, -0.25) is 9.78 Å². The maximum Gasteiger partial charge on any atom is 0.251 e. The van der Waals surface area contributed by atoms with E-state index in [1.165, 1.54) is 5.56 Å². The Bertz CT molecular complexity index is 776. The van der Waals surface area contributed by atoms with Crippen molar-refractivity contribution in [2.24, 2.45) is 0 Å². The largest absolute Gasteiger partial charge is 0.472 e. The van der Waals surface area contributed by atoms with Gasteiger partial charge in [-0.05, 0) is 41.8 Å². The highest BCUT2D eigenvalue weighted by Gasteiger charge is 2.06. The lowest BCUT2D eigenvalue weighted by Crippen LogP contribution is -2.22. The first-order valence-electron chi connectivity index (χ1n) is 8.11. The first-order valence-corrected chi connectivity index (χ1v) is 8.11. The normalized spacial score (nSPS) is 10.5. The molecule has 4 nitrogen and oxygen atoms in total. The number of nitrogens with zero attached hydrogens (tertiary/aromatic N) is 1. The number of hydrogen-bond acceptors (Lipinski definition) is 3. The molecule has 1 aromatic carbocycles. The number of amides is 1. The van der Waals surface area contributed by atoms with Gasteiger partial charge in [0.15, 0.2) is 0 Å². The van der Waals surface area contributed by atoms with E-state index < -0.39 is 0 Å². The molecule has 0 atom stereocenters. The van der Waals surface area contributed by atoms with E-state index in [2.05, 4.69) is 17.2 Å². The number of aromatic nitrogens is 1. The molecule has 24 heavy (non-hydrogen) atoms. The molecule has 0 radical (unpaired) electrons. The molecule has 2 heterocycles. The van der Waals surface area contributed by atoms with Crippen molar-refractivity contribution < 1.29 is 9.21 Å². The highest BCUT2D eigenvalue weighted by atomic mass is 16.3. The van der Waals surface area contributed by atoms with Crippen LogP contribution in [-0.2, 0) is 13.0 Å². The number of benzene rings is 1. The van der Waals surface area contributed by atoms with Crippen molar-refractivity contribution in [1.29, 1.82) is 0 Å².